The summed E-state index contributed by atoms with van der Waals surface area (Å²) in [7, 11) is 1.28. The molecule has 3 unspecified atom stereocenters. The van der Waals surface area contributed by atoms with Crippen molar-refractivity contribution in [3.63, 3.8) is 0 Å². The van der Waals surface area contributed by atoms with Gasteiger partial charge in [-0.3, -0.25) is 14.4 Å². The number of aromatic amines is 2. The Kier molecular flexibility index (Phi) is 12.3. The minimum Gasteiger partial charge on any atom is -0.453 e. The van der Waals surface area contributed by atoms with Gasteiger partial charge in [0.1, 0.15) is 23.2 Å². The highest BCUT2D eigenvalue weighted by atomic mass is 19.3. The lowest BCUT2D eigenvalue weighted by Gasteiger charge is -2.39. The van der Waals surface area contributed by atoms with Crippen molar-refractivity contribution in [3.8, 4) is 33.6 Å². The number of fused-ring (bicyclic) bond motifs is 2. The number of imidazole rings is 2. The van der Waals surface area contributed by atoms with Crippen molar-refractivity contribution in [2.45, 2.75) is 108 Å². The van der Waals surface area contributed by atoms with E-state index in [2.05, 4.69) is 67.3 Å². The van der Waals surface area contributed by atoms with Crippen LogP contribution in [0.25, 0.3) is 33.6 Å². The molecule has 3 aliphatic carbocycles. The van der Waals surface area contributed by atoms with E-state index in [9.17, 15) is 28.0 Å². The largest absolute Gasteiger partial charge is 0.453 e. The van der Waals surface area contributed by atoms with Crippen LogP contribution >= 0.6 is 0 Å². The van der Waals surface area contributed by atoms with Gasteiger partial charge in [0.15, 0.2) is 0 Å². The Morgan fingerprint density at radius 2 is 1.41 bits per heavy atom. The number of amides is 4. The zero-order valence-electron chi connectivity index (χ0n) is 35.0. The molecule has 324 valence electrons. The van der Waals surface area contributed by atoms with Gasteiger partial charge in [0.25, 0.3) is 6.43 Å². The summed E-state index contributed by atoms with van der Waals surface area (Å²) in [4.78, 5) is 71.2. The molecule has 13 nitrogen and oxygen atoms in total. The number of alkyl halides is 2. The number of carbonyl (C=O) groups excluding carboxylic acids is 4. The minimum absolute atomic E-state index is 0.115. The van der Waals surface area contributed by atoms with Crippen LogP contribution < -0.4 is 16.0 Å². The van der Waals surface area contributed by atoms with Gasteiger partial charge in [0.05, 0.1) is 49.4 Å². The number of rotatable bonds is 13. The van der Waals surface area contributed by atoms with Gasteiger partial charge in [-0.1, -0.05) is 81.6 Å². The molecular weight excluding hydrogens is 783 g/mol. The molecule has 61 heavy (non-hydrogen) atoms. The van der Waals surface area contributed by atoms with Crippen LogP contribution in [0.1, 0.15) is 102 Å². The Hall–Kier alpha value is -5.60. The molecule has 4 aromatic rings. The van der Waals surface area contributed by atoms with Gasteiger partial charge >= 0.3 is 6.09 Å². The van der Waals surface area contributed by atoms with E-state index in [0.717, 1.165) is 90.8 Å². The SMILES string of the molecule is COC(=O)NC(C(=O)N1CCC[C@H]1c1ncc(-c2ccc(-c3ccc(-c4cnc([C@@H]5C6CCC(C6)[C@H]5C(=O)NC5(C(=O)NCC(F)F)CCCCC5)[nH]4)cc3)cc2)[nH]1)C(C)C. The molecule has 6 atom stereocenters. The van der Waals surface area contributed by atoms with Crippen molar-refractivity contribution in [3.05, 3.63) is 72.6 Å². The van der Waals surface area contributed by atoms with E-state index in [1.807, 2.05) is 32.2 Å². The van der Waals surface area contributed by atoms with E-state index in [0.29, 0.717) is 31.1 Å². The normalized spacial score (nSPS) is 23.6. The molecule has 1 aliphatic heterocycles. The van der Waals surface area contributed by atoms with E-state index in [-0.39, 0.29) is 41.5 Å². The van der Waals surface area contributed by atoms with E-state index >= 15 is 0 Å². The number of H-pyrrole nitrogens is 2. The second kappa shape index (κ2) is 17.8. The third-order valence-corrected chi connectivity index (χ3v) is 13.6. The van der Waals surface area contributed by atoms with E-state index in [1.54, 1.807) is 11.1 Å². The fourth-order valence-corrected chi connectivity index (χ4v) is 10.5. The Morgan fingerprint density at radius 3 is 2.02 bits per heavy atom. The van der Waals surface area contributed by atoms with Gasteiger partial charge < -0.3 is 35.6 Å². The summed E-state index contributed by atoms with van der Waals surface area (Å²) in [5, 5.41) is 8.20. The summed E-state index contributed by atoms with van der Waals surface area (Å²) in [6, 6.07) is 15.5. The molecule has 3 heterocycles. The topological polar surface area (TPSA) is 174 Å². The second-order valence-corrected chi connectivity index (χ2v) is 17.7. The maximum Gasteiger partial charge on any atom is 0.407 e. The van der Waals surface area contributed by atoms with Gasteiger partial charge in [0, 0.05) is 12.5 Å². The van der Waals surface area contributed by atoms with Crippen LogP contribution in [0.4, 0.5) is 13.6 Å². The fraction of sp³-hybridized carbons (Fsp3) is 0.522. The Morgan fingerprint density at radius 1 is 0.820 bits per heavy atom. The van der Waals surface area contributed by atoms with Gasteiger partial charge in [-0.15, -0.1) is 0 Å². The number of aromatic nitrogens is 4. The summed E-state index contributed by atoms with van der Waals surface area (Å²) in [5.74, 6) is 0.549. The maximum atomic E-state index is 14.1. The van der Waals surface area contributed by atoms with Crippen molar-refractivity contribution in [2.24, 2.45) is 23.7 Å². The highest BCUT2D eigenvalue weighted by molar-refractivity contribution is 5.93. The molecule has 3 saturated carbocycles. The zero-order valence-corrected chi connectivity index (χ0v) is 35.0. The molecule has 4 fully saturated rings. The fourth-order valence-electron chi connectivity index (χ4n) is 10.5. The lowest BCUT2D eigenvalue weighted by molar-refractivity contribution is -0.138. The third-order valence-electron chi connectivity index (χ3n) is 13.6. The summed E-state index contributed by atoms with van der Waals surface area (Å²) in [5.41, 5.74) is 4.54. The molecule has 0 radical (unpaired) electrons. The lowest BCUT2D eigenvalue weighted by atomic mass is 9.76. The first kappa shape index (κ1) is 42.1. The molecule has 1 saturated heterocycles. The molecular formula is C46H56F2N8O5. The van der Waals surface area contributed by atoms with Crippen LogP contribution in [-0.2, 0) is 19.1 Å². The number of halogens is 2. The third kappa shape index (κ3) is 8.65. The van der Waals surface area contributed by atoms with Gasteiger partial charge in [-0.25, -0.2) is 23.5 Å². The number of carbonyl (C=O) groups is 4. The van der Waals surface area contributed by atoms with Gasteiger partial charge in [0.2, 0.25) is 17.7 Å². The molecule has 2 aromatic heterocycles. The number of methoxy groups -OCH3 is 1. The number of nitrogens with zero attached hydrogens (tertiary/aromatic N) is 3. The first-order valence-corrected chi connectivity index (χ1v) is 21.8. The number of ether oxygens (including phenoxy) is 1. The highest BCUT2D eigenvalue weighted by Gasteiger charge is 2.54. The molecule has 4 aliphatic rings. The summed E-state index contributed by atoms with van der Waals surface area (Å²) in [6.07, 6.45) is 8.16. The number of likely N-dealkylation sites (tertiary alicyclic amines) is 1. The molecule has 8 rings (SSSR count). The Labute approximate surface area is 354 Å². The number of nitrogens with one attached hydrogen (secondary N) is 5. The summed E-state index contributed by atoms with van der Waals surface area (Å²) < 4.78 is 30.8. The number of hydrogen-bond acceptors (Lipinski definition) is 7. The van der Waals surface area contributed by atoms with Crippen molar-refractivity contribution in [1.29, 1.82) is 0 Å². The minimum atomic E-state index is -2.66. The van der Waals surface area contributed by atoms with Gasteiger partial charge in [-0.05, 0) is 85.0 Å². The first-order chi connectivity index (χ1) is 29.4. The molecule has 2 aromatic carbocycles. The Bertz CT molecular complexity index is 2200. The number of benzene rings is 2. The van der Waals surface area contributed by atoms with Crippen molar-refractivity contribution >= 4 is 23.8 Å². The van der Waals surface area contributed by atoms with Gasteiger partial charge in [-0.2, -0.15) is 0 Å². The molecule has 5 N–H and O–H groups in total. The maximum absolute atomic E-state index is 14.1. The number of alkyl carbamates (subject to hydrolysis) is 1. The van der Waals surface area contributed by atoms with Crippen LogP contribution in [0.3, 0.4) is 0 Å². The molecule has 15 heteroatoms. The van der Waals surface area contributed by atoms with E-state index in [1.165, 1.54) is 7.11 Å². The van der Waals surface area contributed by atoms with Crippen LogP contribution in [-0.4, -0.2) is 86.9 Å². The van der Waals surface area contributed by atoms with E-state index < -0.39 is 36.6 Å². The smallest absolute Gasteiger partial charge is 0.407 e. The predicted molar refractivity (Wildman–Crippen MR) is 225 cm³/mol. The van der Waals surface area contributed by atoms with Crippen LogP contribution in [0.15, 0.2) is 60.9 Å². The second-order valence-electron chi connectivity index (χ2n) is 17.7. The van der Waals surface area contributed by atoms with Crippen molar-refractivity contribution in [2.75, 3.05) is 20.2 Å². The van der Waals surface area contributed by atoms with Crippen molar-refractivity contribution < 1.29 is 32.7 Å². The summed E-state index contributed by atoms with van der Waals surface area (Å²) >= 11 is 0. The highest BCUT2D eigenvalue weighted by Crippen LogP contribution is 2.56. The van der Waals surface area contributed by atoms with E-state index in [4.69, 9.17) is 9.72 Å². The quantitative estimate of drug-likeness (QED) is 0.0927. The zero-order chi connectivity index (χ0) is 42.8. The molecule has 2 bridgehead atoms. The number of hydrogen-bond donors (Lipinski definition) is 5. The van der Waals surface area contributed by atoms with Crippen LogP contribution in [0.2, 0.25) is 0 Å². The monoisotopic (exact) mass is 838 g/mol. The Balaban J connectivity index is 0.925. The lowest BCUT2D eigenvalue weighted by Crippen LogP contribution is -2.61. The first-order valence-electron chi connectivity index (χ1n) is 21.8. The molecule has 4 amide bonds. The van der Waals surface area contributed by atoms with Crippen LogP contribution in [0, 0.1) is 23.7 Å². The average molecular weight is 839 g/mol. The standard InChI is InChI=1S/C46H56F2N8O5/c1-26(2)39(54-45(60)61-3)43(58)56-21-7-8-35(56)40-49-23-33(52-40)29-13-9-27(10-14-29)28-11-15-30(16-12-28)34-24-50-41(53-34)37-31-17-18-32(22-31)38(37)42(57)55-46(19-5-4-6-20-46)44(59)51-25-36(47)48/h9-16,23-24,26,31-32,35-39H,4-8,17-22,25H2,1-3H3,(H,49,52)(H,50,53)(H,51,59)(H,54,60)(H,55,57)/t31?,32?,35-,37+,38+,39?/m0/s1. The van der Waals surface area contributed by atoms with Crippen molar-refractivity contribution in [1.82, 2.24) is 40.8 Å². The average Bonchev–Trinajstić information content (AvgIpc) is 4.13. The summed E-state index contributed by atoms with van der Waals surface area (Å²) in [6.45, 7) is 3.65. The molecule has 0 spiro atoms. The predicted octanol–water partition coefficient (Wildman–Crippen LogP) is 7.51. The van der Waals surface area contributed by atoms with Crippen LogP contribution in [0.5, 0.6) is 0 Å².